The largest absolute Gasteiger partial charge is 0.447 e. The number of anilines is 8. The first-order chi connectivity index (χ1) is 52.9. The number of nitrogens with two attached hydrogens (primary N) is 8. The monoisotopic (exact) mass is 1660 g/mol. The van der Waals surface area contributed by atoms with E-state index < -0.39 is 0 Å². The van der Waals surface area contributed by atoms with E-state index in [0.29, 0.717) is 113 Å². The van der Waals surface area contributed by atoms with E-state index in [9.17, 15) is 38.4 Å². The fourth-order valence-electron chi connectivity index (χ4n) is 10.1. The minimum absolute atomic E-state index is 0.0525. The molecular formula is C58H69Br2N41O10. The first-order valence-corrected chi connectivity index (χ1v) is 33.8. The van der Waals surface area contributed by atoms with Gasteiger partial charge in [0.2, 0.25) is 53.5 Å². The van der Waals surface area contributed by atoms with Crippen LogP contribution in [0.4, 0.5) is 47.6 Å². The number of halogens is 2. The van der Waals surface area contributed by atoms with Crippen LogP contribution in [0.25, 0.3) is 89.3 Å². The smallest absolute Gasteiger partial charge is 0.280 e. The molecule has 0 bridgehead atoms. The molecule has 0 aliphatic heterocycles. The van der Waals surface area contributed by atoms with E-state index in [4.69, 9.17) is 55.0 Å². The highest BCUT2D eigenvalue weighted by atomic mass is 79.9. The van der Waals surface area contributed by atoms with E-state index in [1.165, 1.54) is 25.2 Å². The molecule has 17 aromatic rings. The van der Waals surface area contributed by atoms with Crippen LogP contribution in [-0.2, 0) is 59.1 Å². The van der Waals surface area contributed by atoms with Crippen LogP contribution in [0, 0.1) is 6.92 Å². The quantitative estimate of drug-likeness (QED) is 0.0702. The molecule has 0 aliphatic rings. The van der Waals surface area contributed by atoms with E-state index in [1.807, 2.05) is 23.0 Å². The molecule has 0 amide bonds. The molecule has 0 atom stereocenters. The number of oxazole rings is 1. The van der Waals surface area contributed by atoms with Gasteiger partial charge < -0.3 is 91.6 Å². The van der Waals surface area contributed by atoms with Crippen LogP contribution in [0.5, 0.6) is 0 Å². The first-order valence-electron chi connectivity index (χ1n) is 32.2. The van der Waals surface area contributed by atoms with Crippen LogP contribution in [0.1, 0.15) is 38.4 Å². The summed E-state index contributed by atoms with van der Waals surface area (Å²) in [5.41, 5.74) is 47.1. The Morgan fingerprint density at radius 3 is 1.30 bits per heavy atom. The number of hydrogen-bond donors (Lipinski definition) is 16. The maximum absolute atomic E-state index is 11.5. The molecule has 17 heterocycles. The van der Waals surface area contributed by atoms with Gasteiger partial charge in [0, 0.05) is 54.9 Å². The number of nitrogens with one attached hydrogen (secondary N) is 8. The molecular weight excluding hydrogens is 1590 g/mol. The van der Waals surface area contributed by atoms with Gasteiger partial charge in [-0.25, -0.2) is 44.9 Å². The van der Waals surface area contributed by atoms with Crippen LogP contribution < -0.4 is 90.3 Å². The molecule has 17 rings (SSSR count). The molecule has 51 nitrogen and oxygen atoms in total. The van der Waals surface area contributed by atoms with Crippen molar-refractivity contribution in [2.45, 2.75) is 59.8 Å². The molecule has 0 radical (unpaired) electrons. The number of aromatic amines is 8. The van der Waals surface area contributed by atoms with E-state index in [-0.39, 0.29) is 103 Å². The zero-order valence-corrected chi connectivity index (χ0v) is 62.8. The number of fused-ring (bicyclic) bond motifs is 8. The minimum Gasteiger partial charge on any atom is -0.447 e. The van der Waals surface area contributed by atoms with Crippen molar-refractivity contribution in [1.29, 1.82) is 0 Å². The lowest BCUT2D eigenvalue weighted by molar-refractivity contribution is 0.188. The van der Waals surface area contributed by atoms with Crippen LogP contribution in [0.2, 0.25) is 0 Å². The molecule has 0 spiro atoms. The molecule has 0 saturated carbocycles. The second-order valence-electron chi connectivity index (χ2n) is 23.1. The van der Waals surface area contributed by atoms with E-state index >= 15 is 0 Å². The lowest BCUT2D eigenvalue weighted by atomic mass is 10.4. The molecule has 0 saturated heterocycles. The highest BCUT2D eigenvalue weighted by Gasteiger charge is 2.17. The number of hydrogen-bond acceptors (Lipinski definition) is 35. The summed E-state index contributed by atoms with van der Waals surface area (Å²) in [7, 11) is 8.58. The number of methoxy groups -OCH3 is 1. The normalized spacial score (nSPS) is 10.9. The van der Waals surface area contributed by atoms with Crippen LogP contribution >= 0.6 is 31.9 Å². The minimum atomic E-state index is -0.362. The Kier molecular flexibility index (Phi) is 24.1. The van der Waals surface area contributed by atoms with Gasteiger partial charge in [0.05, 0.1) is 44.4 Å². The molecule has 0 aromatic carbocycles. The van der Waals surface area contributed by atoms with Gasteiger partial charge in [0.15, 0.2) is 98.8 Å². The Bertz CT molecular complexity index is 6730. The van der Waals surface area contributed by atoms with Gasteiger partial charge in [0.1, 0.15) is 18.6 Å². The number of nitrogens with zero attached hydrogens (tertiary/aromatic N) is 25. The van der Waals surface area contributed by atoms with Crippen LogP contribution in [-0.4, -0.2) is 175 Å². The Morgan fingerprint density at radius 2 is 0.793 bits per heavy atom. The Hall–Kier alpha value is -14.7. The van der Waals surface area contributed by atoms with E-state index in [2.05, 4.69) is 156 Å². The predicted octanol–water partition coefficient (Wildman–Crippen LogP) is -1.90. The summed E-state index contributed by atoms with van der Waals surface area (Å²) in [6.07, 6.45) is 12.6. The second-order valence-corrected chi connectivity index (χ2v) is 24.5. The number of imidazole rings is 8. The van der Waals surface area contributed by atoms with Gasteiger partial charge in [-0.3, -0.25) is 78.2 Å². The van der Waals surface area contributed by atoms with Crippen molar-refractivity contribution in [3.63, 3.8) is 0 Å². The summed E-state index contributed by atoms with van der Waals surface area (Å²) in [6.45, 7) is 8.87. The van der Waals surface area contributed by atoms with Crippen LogP contribution in [0.3, 0.4) is 0 Å². The SMILES string of the molecule is CCCn1c(Br)nc2c(=O)[nH]c(N)nc21.CCCn1cnc2c(=O)[nH]c(N)nc21.COCCn1cnc2c(=O)[nH]c(N)nc21.Cc1nc2nc(N)[nH]c(=O)c2n1C.Cn1c(Br)nc2c(=O)[nH]c(N)nc21.Cn1cnc2c(=O)[nH]c(N)nc21.Cn1cnc2nc(N)[nH]c(=O)c21.Nc1nc2c(ncn2Cc2ncco2)c(=O)[nH]1. The van der Waals surface area contributed by atoms with Crippen molar-refractivity contribution in [3.8, 4) is 0 Å². The number of rotatable bonds is 9. The van der Waals surface area contributed by atoms with Gasteiger partial charge in [-0.05, 0) is 51.6 Å². The highest BCUT2D eigenvalue weighted by molar-refractivity contribution is 9.10. The number of aryl methyl sites for hydroxylation is 7. The van der Waals surface area contributed by atoms with Crippen molar-refractivity contribution in [3.05, 3.63) is 148 Å². The summed E-state index contributed by atoms with van der Waals surface area (Å²) in [5, 5.41) is 0. The van der Waals surface area contributed by atoms with Gasteiger partial charge >= 0.3 is 0 Å². The van der Waals surface area contributed by atoms with E-state index in [1.54, 1.807) is 88.5 Å². The van der Waals surface area contributed by atoms with Crippen LogP contribution in [0.15, 0.2) is 96.3 Å². The summed E-state index contributed by atoms with van der Waals surface area (Å²) in [4.78, 5) is 178. The van der Waals surface area contributed by atoms with Crippen molar-refractivity contribution < 1.29 is 9.15 Å². The topological polar surface area (TPSA) is 752 Å². The standard InChI is InChI=1S/C9H8N6O2.C8H10BrN5O.C8H11N5O2.C8H11N5O.C7H9N5O.C6H6BrN5O.2C6H7N5O/c10-9-13-7-6(8(16)14-9)12-4-15(7)3-5-11-1-2-17-5;1-2-3-14-5-4(11-7(14)9)6(15)13-8(10)12-5;1-15-3-2-13-4-10-5-6(13)11-8(9)12-7(5)14;1-2-3-13-4-10-5-6(13)11-8(9)12-7(5)14;1-3-9-5-4(12(3)2)6(13)11-7(8)10-5;1-12-3-2(9-5(12)7)4(13)11-6(8)10-3;1-11-2-8-4-3(11)5(12)10-6(7)9-4;1-11-2-8-3-4(11)9-6(7)10-5(3)12/h1-2,4H,3H2,(H3,10,13,14,16);2-3H2,1H3,(H3,10,12,13,15);4H,2-3H2,1H3,(H3,9,11,12,14);4H,2-3H2,1H3,(H3,9,11,12,14);1-2H3,(H3,8,10,11,13);1H3,(H3,8,10,11,13);2*2H,1H3,(H3,7,9,10,12). The summed E-state index contributed by atoms with van der Waals surface area (Å²) in [6, 6.07) is 0. The first kappa shape index (κ1) is 78.9. The number of H-pyrrole nitrogens is 8. The van der Waals surface area contributed by atoms with Crippen molar-refractivity contribution in [1.82, 2.24) is 161 Å². The van der Waals surface area contributed by atoms with Gasteiger partial charge in [-0.1, -0.05) is 13.8 Å². The summed E-state index contributed by atoms with van der Waals surface area (Å²) in [5.74, 6) is 2.00. The maximum Gasteiger partial charge on any atom is 0.280 e. The lowest BCUT2D eigenvalue weighted by Crippen LogP contribution is -2.13. The molecule has 580 valence electrons. The molecule has 0 aliphatic carbocycles. The number of ether oxygens (including phenoxy) is 1. The third-order valence-electron chi connectivity index (χ3n) is 15.2. The fourth-order valence-corrected chi connectivity index (χ4v) is 11.0. The third kappa shape index (κ3) is 17.9. The number of nitrogen functional groups attached to an aromatic ring is 8. The molecule has 0 unspecified atom stereocenters. The molecule has 24 N–H and O–H groups in total. The number of aromatic nitrogens is 33. The third-order valence-corrected chi connectivity index (χ3v) is 16.5. The molecule has 111 heavy (non-hydrogen) atoms. The molecule has 0 fully saturated rings. The average Bonchev–Trinajstić information content (AvgIpc) is 1.67. The zero-order valence-electron chi connectivity index (χ0n) is 59.6. The second kappa shape index (κ2) is 33.8. The molecule has 53 heteroatoms. The van der Waals surface area contributed by atoms with Crippen molar-refractivity contribution >= 4 is 169 Å². The maximum atomic E-state index is 11.5. The van der Waals surface area contributed by atoms with Gasteiger partial charge in [-0.15, -0.1) is 0 Å². The Balaban J connectivity index is 0.000000135. The average molecular weight is 1660 g/mol. The Morgan fingerprint density at radius 1 is 0.396 bits per heavy atom. The zero-order chi connectivity index (χ0) is 80.4. The van der Waals surface area contributed by atoms with E-state index in [0.717, 1.165) is 31.8 Å². The van der Waals surface area contributed by atoms with Crippen molar-refractivity contribution in [2.75, 3.05) is 59.6 Å². The Labute approximate surface area is 631 Å². The van der Waals surface area contributed by atoms with Gasteiger partial charge in [0.25, 0.3) is 44.5 Å². The lowest BCUT2D eigenvalue weighted by Gasteiger charge is -2.01. The van der Waals surface area contributed by atoms with Gasteiger partial charge in [-0.2, -0.15) is 39.9 Å². The summed E-state index contributed by atoms with van der Waals surface area (Å²) < 4.78 is 24.8. The fraction of sp³-hybridized carbons (Fsp3) is 0.259. The highest BCUT2D eigenvalue weighted by Crippen LogP contribution is 2.18. The summed E-state index contributed by atoms with van der Waals surface area (Å²) >= 11 is 6.47. The van der Waals surface area contributed by atoms with Crippen molar-refractivity contribution in [2.24, 2.45) is 28.2 Å². The molecule has 17 aromatic heterocycles. The predicted molar refractivity (Wildman–Crippen MR) is 413 cm³/mol.